The molecule has 0 bridgehead atoms. The smallest absolute Gasteiger partial charge is 0.164 e. The lowest BCUT2D eigenvalue weighted by Crippen LogP contribution is -2.04. The van der Waals surface area contributed by atoms with Crippen LogP contribution >= 0.6 is 11.6 Å². The second-order valence-corrected chi connectivity index (χ2v) is 6.80. The molecule has 0 saturated heterocycles. The number of imidazole rings is 1. The van der Waals surface area contributed by atoms with Crippen LogP contribution < -0.4 is 14.8 Å². The van der Waals surface area contributed by atoms with E-state index in [9.17, 15) is 9.50 Å². The topological polar surface area (TPSA) is 94.3 Å². The maximum Gasteiger partial charge on any atom is 0.164 e. The third kappa shape index (κ3) is 3.79. The summed E-state index contributed by atoms with van der Waals surface area (Å²) in [5.41, 5.74) is 0.577. The summed E-state index contributed by atoms with van der Waals surface area (Å²) in [7, 11) is 3.39. The van der Waals surface area contributed by atoms with Gasteiger partial charge in [0.2, 0.25) is 0 Å². The van der Waals surface area contributed by atoms with E-state index < -0.39 is 5.82 Å². The molecule has 8 nitrogen and oxygen atoms in total. The van der Waals surface area contributed by atoms with Gasteiger partial charge in [0.1, 0.15) is 36.1 Å². The van der Waals surface area contributed by atoms with E-state index in [1.54, 1.807) is 18.3 Å². The lowest BCUT2D eigenvalue weighted by atomic mass is 10.2. The minimum atomic E-state index is -0.633. The van der Waals surface area contributed by atoms with Crippen LogP contribution in [-0.2, 0) is 13.7 Å². The van der Waals surface area contributed by atoms with E-state index in [0.717, 1.165) is 11.9 Å². The van der Waals surface area contributed by atoms with Gasteiger partial charge in [-0.15, -0.1) is 0 Å². The van der Waals surface area contributed by atoms with Crippen molar-refractivity contribution in [1.82, 2.24) is 19.5 Å². The fraction of sp³-hybridized carbons (Fsp3) is 0.150. The summed E-state index contributed by atoms with van der Waals surface area (Å²) in [6.45, 7) is 0.247. The summed E-state index contributed by atoms with van der Waals surface area (Å²) in [4.78, 5) is 12.7. The normalized spacial score (nSPS) is 10.9. The van der Waals surface area contributed by atoms with E-state index in [-0.39, 0.29) is 23.1 Å². The van der Waals surface area contributed by atoms with Crippen LogP contribution in [0.3, 0.4) is 0 Å². The van der Waals surface area contributed by atoms with Gasteiger partial charge in [-0.2, -0.15) is 0 Å². The first-order valence-electron chi connectivity index (χ1n) is 8.83. The molecule has 10 heteroatoms. The molecule has 2 N–H and O–H groups in total. The Balaban J connectivity index is 1.69. The maximum absolute atomic E-state index is 14.2. The Kier molecular flexibility index (Phi) is 5.28. The minimum Gasteiger partial charge on any atom is -0.506 e. The van der Waals surface area contributed by atoms with Crippen molar-refractivity contribution in [1.29, 1.82) is 0 Å². The third-order valence-electron chi connectivity index (χ3n) is 4.49. The van der Waals surface area contributed by atoms with Crippen molar-refractivity contribution in [3.05, 3.63) is 59.7 Å². The monoisotopic (exact) mass is 429 g/mol. The van der Waals surface area contributed by atoms with Gasteiger partial charge in [0, 0.05) is 37.0 Å². The number of phenols is 1. The van der Waals surface area contributed by atoms with Crippen LogP contribution in [-0.4, -0.2) is 31.7 Å². The van der Waals surface area contributed by atoms with E-state index in [2.05, 4.69) is 20.3 Å². The van der Waals surface area contributed by atoms with Crippen molar-refractivity contribution in [2.24, 2.45) is 7.05 Å². The Morgan fingerprint density at radius 2 is 2.00 bits per heavy atom. The molecule has 0 atom stereocenters. The first kappa shape index (κ1) is 19.7. The van der Waals surface area contributed by atoms with Crippen molar-refractivity contribution in [3.8, 4) is 17.2 Å². The van der Waals surface area contributed by atoms with E-state index in [4.69, 9.17) is 21.1 Å². The first-order valence-corrected chi connectivity index (χ1v) is 9.21. The number of hydrogen-bond donors (Lipinski definition) is 2. The standard InChI is InChI=1S/C20H17ClFN5O3/c1-27-4-3-23-19(27)9-30-18-8-14-11(5-17(18)29-2)20(25-10-24-14)26-15-7-16(28)12(21)6-13(15)22/h3-8,10,28H,9H2,1-2H3,(H,24,25,26). The zero-order valence-electron chi connectivity index (χ0n) is 16.1. The van der Waals surface area contributed by atoms with E-state index in [1.165, 1.54) is 19.5 Å². The minimum absolute atomic E-state index is 0.0194. The Morgan fingerprint density at radius 3 is 2.73 bits per heavy atom. The lowest BCUT2D eigenvalue weighted by Gasteiger charge is -2.14. The maximum atomic E-state index is 14.2. The third-order valence-corrected chi connectivity index (χ3v) is 4.79. The van der Waals surface area contributed by atoms with Crippen molar-refractivity contribution in [2.75, 3.05) is 12.4 Å². The van der Waals surface area contributed by atoms with Crippen molar-refractivity contribution in [3.63, 3.8) is 0 Å². The molecule has 0 saturated carbocycles. The molecule has 30 heavy (non-hydrogen) atoms. The Labute approximate surface area is 175 Å². The van der Waals surface area contributed by atoms with Gasteiger partial charge in [0.05, 0.1) is 23.3 Å². The molecule has 154 valence electrons. The summed E-state index contributed by atoms with van der Waals surface area (Å²) in [6, 6.07) is 5.61. The number of aryl methyl sites for hydroxylation is 1. The lowest BCUT2D eigenvalue weighted by molar-refractivity contribution is 0.273. The molecule has 0 spiro atoms. The van der Waals surface area contributed by atoms with Gasteiger partial charge in [-0.3, -0.25) is 0 Å². The molecule has 0 radical (unpaired) electrons. The van der Waals surface area contributed by atoms with Gasteiger partial charge in [0.25, 0.3) is 0 Å². The number of aromatic nitrogens is 4. The Morgan fingerprint density at radius 1 is 1.17 bits per heavy atom. The summed E-state index contributed by atoms with van der Waals surface area (Å²) < 4.78 is 27.4. The number of aromatic hydroxyl groups is 1. The number of anilines is 2. The first-order chi connectivity index (χ1) is 14.5. The van der Waals surface area contributed by atoms with E-state index in [1.807, 2.05) is 17.8 Å². The van der Waals surface area contributed by atoms with Crippen LogP contribution in [0, 0.1) is 5.82 Å². The van der Waals surface area contributed by atoms with Crippen LogP contribution in [0.25, 0.3) is 10.9 Å². The summed E-state index contributed by atoms with van der Waals surface area (Å²) in [5, 5.41) is 13.1. The number of phenolic OH excluding ortho intramolecular Hbond substituents is 1. The summed E-state index contributed by atoms with van der Waals surface area (Å²) >= 11 is 5.74. The highest BCUT2D eigenvalue weighted by atomic mass is 35.5. The van der Waals surface area contributed by atoms with Gasteiger partial charge in [0.15, 0.2) is 11.5 Å². The van der Waals surface area contributed by atoms with Gasteiger partial charge >= 0.3 is 0 Å². The second kappa shape index (κ2) is 8.03. The van der Waals surface area contributed by atoms with E-state index >= 15 is 0 Å². The van der Waals surface area contributed by atoms with Crippen LogP contribution in [0.5, 0.6) is 17.2 Å². The Bertz CT molecular complexity index is 1230. The molecule has 2 aromatic heterocycles. The van der Waals surface area contributed by atoms with Crippen LogP contribution in [0.2, 0.25) is 5.02 Å². The van der Waals surface area contributed by atoms with Crippen LogP contribution in [0.1, 0.15) is 5.82 Å². The van der Waals surface area contributed by atoms with Gasteiger partial charge in [-0.05, 0) is 12.1 Å². The number of fused-ring (bicyclic) bond motifs is 1. The van der Waals surface area contributed by atoms with Crippen LogP contribution in [0.4, 0.5) is 15.9 Å². The fourth-order valence-corrected chi connectivity index (χ4v) is 3.03. The number of nitrogens with one attached hydrogen (secondary N) is 1. The molecule has 2 heterocycles. The molecule has 2 aromatic carbocycles. The molecule has 0 aliphatic heterocycles. The average Bonchev–Trinajstić information content (AvgIpc) is 3.14. The van der Waals surface area contributed by atoms with E-state index in [0.29, 0.717) is 28.2 Å². The molecule has 0 amide bonds. The molecule has 4 aromatic rings. The molecular weight excluding hydrogens is 413 g/mol. The molecule has 0 fully saturated rings. The van der Waals surface area contributed by atoms with Gasteiger partial charge < -0.3 is 24.5 Å². The van der Waals surface area contributed by atoms with Crippen molar-refractivity contribution >= 4 is 34.0 Å². The average molecular weight is 430 g/mol. The summed E-state index contributed by atoms with van der Waals surface area (Å²) in [5.74, 6) is 1.13. The predicted molar refractivity (Wildman–Crippen MR) is 110 cm³/mol. The highest BCUT2D eigenvalue weighted by Crippen LogP contribution is 2.36. The highest BCUT2D eigenvalue weighted by molar-refractivity contribution is 6.32. The second-order valence-electron chi connectivity index (χ2n) is 6.39. The molecule has 0 aliphatic rings. The van der Waals surface area contributed by atoms with Gasteiger partial charge in [-0.1, -0.05) is 11.6 Å². The Hall–Kier alpha value is -3.59. The summed E-state index contributed by atoms with van der Waals surface area (Å²) in [6.07, 6.45) is 4.86. The molecule has 4 rings (SSSR count). The van der Waals surface area contributed by atoms with Crippen LogP contribution in [0.15, 0.2) is 43.0 Å². The molecule has 0 unspecified atom stereocenters. The number of methoxy groups -OCH3 is 1. The number of nitrogens with zero attached hydrogens (tertiary/aromatic N) is 4. The van der Waals surface area contributed by atoms with Crippen molar-refractivity contribution in [2.45, 2.75) is 6.61 Å². The molecule has 0 aliphatic carbocycles. The zero-order chi connectivity index (χ0) is 21.3. The largest absolute Gasteiger partial charge is 0.506 e. The quantitative estimate of drug-likeness (QED) is 0.474. The SMILES string of the molecule is COc1cc2c(Nc3cc(O)c(Cl)cc3F)ncnc2cc1OCc1nccn1C. The predicted octanol–water partition coefficient (Wildman–Crippen LogP) is 4.19. The number of rotatable bonds is 6. The zero-order valence-corrected chi connectivity index (χ0v) is 16.8. The highest BCUT2D eigenvalue weighted by Gasteiger charge is 2.15. The number of halogens is 2. The van der Waals surface area contributed by atoms with Crippen molar-refractivity contribution < 1.29 is 19.0 Å². The molecular formula is C20H17ClFN5O3. The number of ether oxygens (including phenoxy) is 2. The van der Waals surface area contributed by atoms with Gasteiger partial charge in [-0.25, -0.2) is 19.3 Å². The number of benzene rings is 2. The fourth-order valence-electron chi connectivity index (χ4n) is 2.87. The number of hydrogen-bond acceptors (Lipinski definition) is 7.